The zero-order chi connectivity index (χ0) is 24.1. The van der Waals surface area contributed by atoms with Crippen LogP contribution in [0.2, 0.25) is 0 Å². The van der Waals surface area contributed by atoms with Gasteiger partial charge in [-0.05, 0) is 35.9 Å². The van der Waals surface area contributed by atoms with E-state index in [0.29, 0.717) is 28.9 Å². The number of benzene rings is 2. The van der Waals surface area contributed by atoms with Crippen LogP contribution >= 0.6 is 0 Å². The second-order valence-corrected chi connectivity index (χ2v) is 8.27. The normalized spacial score (nSPS) is 18.3. The van der Waals surface area contributed by atoms with E-state index in [9.17, 15) is 9.59 Å². The van der Waals surface area contributed by atoms with E-state index in [0.717, 1.165) is 6.54 Å². The van der Waals surface area contributed by atoms with Crippen LogP contribution in [0.25, 0.3) is 11.0 Å². The van der Waals surface area contributed by atoms with Gasteiger partial charge in [-0.2, -0.15) is 0 Å². The van der Waals surface area contributed by atoms with E-state index in [4.69, 9.17) is 9.37 Å². The van der Waals surface area contributed by atoms with Crippen molar-refractivity contribution < 1.29 is 19.0 Å². The van der Waals surface area contributed by atoms with E-state index >= 15 is 0 Å². The van der Waals surface area contributed by atoms with Gasteiger partial charge in [0.1, 0.15) is 23.6 Å². The quantitative estimate of drug-likeness (QED) is 0.354. The van der Waals surface area contributed by atoms with Crippen molar-refractivity contribution in [1.82, 2.24) is 20.1 Å². The van der Waals surface area contributed by atoms with Crippen LogP contribution in [0.5, 0.6) is 0 Å². The topological polar surface area (TPSA) is 101 Å². The molecule has 0 saturated heterocycles. The molecule has 34 heavy (non-hydrogen) atoms. The molecule has 4 rings (SSSR count). The molecule has 0 N–H and O–H groups in total. The summed E-state index contributed by atoms with van der Waals surface area (Å²) in [5.41, 5.74) is 3.25. The zero-order valence-electron chi connectivity index (χ0n) is 19.3. The molecule has 2 amide bonds. The minimum Gasteiger partial charge on any atom is -0.464 e. The number of aliphatic imine (C=N–C) groups is 1. The molecule has 1 aliphatic heterocycles. The van der Waals surface area contributed by atoms with Gasteiger partial charge in [-0.25, -0.2) is 14.4 Å². The highest BCUT2D eigenvalue weighted by Gasteiger charge is 2.43. The largest absolute Gasteiger partial charge is 0.464 e. The Kier molecular flexibility index (Phi) is 7.12. The van der Waals surface area contributed by atoms with Crippen LogP contribution in [-0.2, 0) is 16.1 Å². The van der Waals surface area contributed by atoms with Crippen molar-refractivity contribution in [2.24, 2.45) is 10.9 Å². The van der Waals surface area contributed by atoms with Crippen LogP contribution < -0.4 is 0 Å². The third-order valence-corrected chi connectivity index (χ3v) is 5.85. The monoisotopic (exact) mass is 461 g/mol. The van der Waals surface area contributed by atoms with Crippen LogP contribution in [0.3, 0.4) is 0 Å². The average Bonchev–Trinajstić information content (AvgIpc) is 3.30. The van der Waals surface area contributed by atoms with Gasteiger partial charge in [0.15, 0.2) is 0 Å². The molecule has 176 valence electrons. The molecule has 0 saturated carbocycles. The van der Waals surface area contributed by atoms with Gasteiger partial charge in [0.2, 0.25) is 0 Å². The Morgan fingerprint density at radius 3 is 2.76 bits per heavy atom. The third kappa shape index (κ3) is 4.89. The molecule has 0 aliphatic carbocycles. The zero-order valence-corrected chi connectivity index (χ0v) is 19.3. The number of hydrogen-bond donors (Lipinski definition) is 0. The molecule has 1 aliphatic rings. The minimum atomic E-state index is -0.792. The standard InChI is InChI=1S/C25H27N5O4/c1-4-13-30-23(19-11-8-12-20-22(19)28-34-27-20)21(17(2)26-25(30)32)24(31)33-15-14-29(3)16-18-9-6-5-7-10-18/h4-12,21,23H,1,13-16H2,2-3H3. The first-order chi connectivity index (χ1) is 16.5. The summed E-state index contributed by atoms with van der Waals surface area (Å²) in [6, 6.07) is 14.3. The molecular weight excluding hydrogens is 434 g/mol. The molecule has 0 bridgehead atoms. The first-order valence-electron chi connectivity index (χ1n) is 11.1. The fourth-order valence-electron chi connectivity index (χ4n) is 4.22. The summed E-state index contributed by atoms with van der Waals surface area (Å²) < 4.78 is 10.6. The van der Waals surface area contributed by atoms with Gasteiger partial charge in [-0.3, -0.25) is 9.69 Å². The molecule has 0 spiro atoms. The first-order valence-corrected chi connectivity index (χ1v) is 11.1. The van der Waals surface area contributed by atoms with Crippen LogP contribution in [0, 0.1) is 5.92 Å². The predicted octanol–water partition coefficient (Wildman–Crippen LogP) is 3.64. The molecule has 2 atom stereocenters. The van der Waals surface area contributed by atoms with Gasteiger partial charge in [-0.15, -0.1) is 6.58 Å². The van der Waals surface area contributed by atoms with Crippen molar-refractivity contribution >= 4 is 28.7 Å². The van der Waals surface area contributed by atoms with Gasteiger partial charge in [0, 0.05) is 30.9 Å². The van der Waals surface area contributed by atoms with Crippen molar-refractivity contribution in [3.63, 3.8) is 0 Å². The second-order valence-electron chi connectivity index (χ2n) is 8.27. The van der Waals surface area contributed by atoms with Gasteiger partial charge in [0.05, 0.1) is 6.04 Å². The van der Waals surface area contributed by atoms with Gasteiger partial charge in [-0.1, -0.05) is 48.5 Å². The lowest BCUT2D eigenvalue weighted by molar-refractivity contribution is -0.148. The van der Waals surface area contributed by atoms with E-state index in [1.54, 1.807) is 25.1 Å². The van der Waals surface area contributed by atoms with E-state index < -0.39 is 24.0 Å². The van der Waals surface area contributed by atoms with Crippen molar-refractivity contribution in [1.29, 1.82) is 0 Å². The number of carbonyl (C=O) groups is 2. The van der Waals surface area contributed by atoms with Crippen LogP contribution in [0.1, 0.15) is 24.1 Å². The fourth-order valence-corrected chi connectivity index (χ4v) is 4.22. The van der Waals surface area contributed by atoms with Crippen molar-refractivity contribution in [3.8, 4) is 0 Å². The Hall–Kier alpha value is -3.85. The van der Waals surface area contributed by atoms with E-state index in [-0.39, 0.29) is 13.2 Å². The highest BCUT2D eigenvalue weighted by atomic mass is 16.6. The lowest BCUT2D eigenvalue weighted by atomic mass is 9.86. The molecule has 2 aromatic carbocycles. The number of fused-ring (bicyclic) bond motifs is 1. The summed E-state index contributed by atoms with van der Waals surface area (Å²) in [5.74, 6) is -1.24. The van der Waals surface area contributed by atoms with Crippen LogP contribution in [0.4, 0.5) is 4.79 Å². The van der Waals surface area contributed by atoms with E-state index in [1.807, 2.05) is 31.3 Å². The summed E-state index contributed by atoms with van der Waals surface area (Å²) >= 11 is 0. The number of amides is 2. The van der Waals surface area contributed by atoms with Gasteiger partial charge < -0.3 is 9.64 Å². The Morgan fingerprint density at radius 1 is 1.21 bits per heavy atom. The number of aromatic nitrogens is 2. The number of nitrogens with zero attached hydrogens (tertiary/aromatic N) is 5. The molecular formula is C25H27N5O4. The molecule has 9 nitrogen and oxygen atoms in total. The summed E-state index contributed by atoms with van der Waals surface area (Å²) in [4.78, 5) is 33.8. The van der Waals surface area contributed by atoms with Crippen LogP contribution in [-0.4, -0.2) is 64.6 Å². The highest BCUT2D eigenvalue weighted by molar-refractivity contribution is 6.08. The number of esters is 1. The van der Waals surface area contributed by atoms with E-state index in [2.05, 4.69) is 38.9 Å². The molecule has 2 unspecified atom stereocenters. The molecule has 0 radical (unpaired) electrons. The maximum atomic E-state index is 13.3. The molecule has 0 fully saturated rings. The number of urea groups is 1. The first kappa shape index (κ1) is 23.3. The number of likely N-dealkylation sites (N-methyl/N-ethyl adjacent to an activating group) is 1. The second kappa shape index (κ2) is 10.4. The predicted molar refractivity (Wildman–Crippen MR) is 127 cm³/mol. The minimum absolute atomic E-state index is 0.212. The van der Waals surface area contributed by atoms with Gasteiger partial charge >= 0.3 is 12.0 Å². The Bertz CT molecular complexity index is 1210. The molecule has 2 heterocycles. The lowest BCUT2D eigenvalue weighted by Gasteiger charge is -2.38. The Labute approximate surface area is 197 Å². The Morgan fingerprint density at radius 2 is 2.00 bits per heavy atom. The SMILES string of the molecule is C=CCN1C(=O)N=C(C)C(C(=O)OCCN(C)Cc2ccccc2)C1c1cccc2nonc12. The van der Waals surface area contributed by atoms with Gasteiger partial charge in [0.25, 0.3) is 0 Å². The molecule has 3 aromatic rings. The lowest BCUT2D eigenvalue weighted by Crippen LogP contribution is -2.47. The highest BCUT2D eigenvalue weighted by Crippen LogP contribution is 2.37. The third-order valence-electron chi connectivity index (χ3n) is 5.85. The summed E-state index contributed by atoms with van der Waals surface area (Å²) in [5, 5.41) is 7.90. The maximum Gasteiger partial charge on any atom is 0.344 e. The average molecular weight is 462 g/mol. The Balaban J connectivity index is 1.54. The summed E-state index contributed by atoms with van der Waals surface area (Å²) in [7, 11) is 1.97. The fraction of sp³-hybridized carbons (Fsp3) is 0.320. The number of carbonyl (C=O) groups excluding carboxylic acids is 2. The van der Waals surface area contributed by atoms with Crippen molar-refractivity contribution in [2.75, 3.05) is 26.7 Å². The van der Waals surface area contributed by atoms with Crippen LogP contribution in [0.15, 0.2) is 70.8 Å². The smallest absolute Gasteiger partial charge is 0.344 e. The summed E-state index contributed by atoms with van der Waals surface area (Å²) in [6.45, 7) is 7.15. The number of hydrogen-bond acceptors (Lipinski definition) is 7. The number of rotatable bonds is 9. The van der Waals surface area contributed by atoms with E-state index in [1.165, 1.54) is 10.5 Å². The van der Waals surface area contributed by atoms with Crippen molar-refractivity contribution in [2.45, 2.75) is 19.5 Å². The molecule has 9 heteroatoms. The number of ether oxygens (including phenoxy) is 1. The summed E-state index contributed by atoms with van der Waals surface area (Å²) in [6.07, 6.45) is 1.60. The maximum absolute atomic E-state index is 13.3. The van der Waals surface area contributed by atoms with Crippen molar-refractivity contribution in [3.05, 3.63) is 72.3 Å². The molecule has 1 aromatic heterocycles.